The van der Waals surface area contributed by atoms with Crippen molar-refractivity contribution in [3.05, 3.63) is 47.3 Å². The van der Waals surface area contributed by atoms with Gasteiger partial charge in [-0.3, -0.25) is 9.59 Å². The van der Waals surface area contributed by atoms with Crippen LogP contribution in [0.25, 0.3) is 10.4 Å². The van der Waals surface area contributed by atoms with Gasteiger partial charge in [-0.2, -0.15) is 0 Å². The SMILES string of the molecule is CCC(=O)N1CCN(CC)C(=O)C(Cc2ccccc2-c2cccs2)C1. The van der Waals surface area contributed by atoms with Crippen LogP contribution in [0.15, 0.2) is 41.8 Å². The molecule has 1 aromatic carbocycles. The summed E-state index contributed by atoms with van der Waals surface area (Å²) in [5, 5.41) is 2.07. The monoisotopic (exact) mass is 370 g/mol. The molecule has 1 aliphatic rings. The summed E-state index contributed by atoms with van der Waals surface area (Å²) in [5.74, 6) is 0.112. The largest absolute Gasteiger partial charge is 0.341 e. The number of nitrogens with zero attached hydrogens (tertiary/aromatic N) is 2. The number of hydrogen-bond donors (Lipinski definition) is 0. The number of thiophene rings is 1. The van der Waals surface area contributed by atoms with Gasteiger partial charge in [-0.25, -0.2) is 0 Å². The number of carbonyl (C=O) groups is 2. The number of likely N-dealkylation sites (N-methyl/N-ethyl adjacent to an activating group) is 1. The second kappa shape index (κ2) is 8.49. The highest BCUT2D eigenvalue weighted by Crippen LogP contribution is 2.30. The Morgan fingerprint density at radius 2 is 1.96 bits per heavy atom. The van der Waals surface area contributed by atoms with Crippen molar-refractivity contribution in [2.24, 2.45) is 5.92 Å². The fourth-order valence-electron chi connectivity index (χ4n) is 3.60. The fourth-order valence-corrected chi connectivity index (χ4v) is 4.38. The molecular weight excluding hydrogens is 344 g/mol. The van der Waals surface area contributed by atoms with Gasteiger partial charge < -0.3 is 9.80 Å². The highest BCUT2D eigenvalue weighted by atomic mass is 32.1. The zero-order valence-electron chi connectivity index (χ0n) is 15.5. The predicted octanol–water partition coefficient (Wildman–Crippen LogP) is 3.67. The molecule has 0 radical (unpaired) electrons. The molecule has 138 valence electrons. The standard InChI is InChI=1S/C21H26N2O2S/c1-3-20(24)23-12-11-22(4-2)21(25)17(15-23)14-16-8-5-6-9-18(16)19-10-7-13-26-19/h5-10,13,17H,3-4,11-12,14-15H2,1-2H3. The van der Waals surface area contributed by atoms with Gasteiger partial charge in [0.25, 0.3) is 0 Å². The van der Waals surface area contributed by atoms with E-state index in [1.165, 1.54) is 16.0 Å². The van der Waals surface area contributed by atoms with Crippen molar-refractivity contribution in [3.63, 3.8) is 0 Å². The van der Waals surface area contributed by atoms with E-state index in [1.54, 1.807) is 11.3 Å². The van der Waals surface area contributed by atoms with Crippen LogP contribution in [0.3, 0.4) is 0 Å². The Balaban J connectivity index is 1.89. The van der Waals surface area contributed by atoms with Gasteiger partial charge in [-0.05, 0) is 35.9 Å². The first kappa shape index (κ1) is 18.6. The number of carbonyl (C=O) groups excluding carboxylic acids is 2. The molecule has 0 N–H and O–H groups in total. The Morgan fingerprint density at radius 1 is 1.15 bits per heavy atom. The smallest absolute Gasteiger partial charge is 0.227 e. The highest BCUT2D eigenvalue weighted by Gasteiger charge is 2.31. The molecule has 0 bridgehead atoms. The normalized spacial score (nSPS) is 18.1. The average Bonchev–Trinajstić information content (AvgIpc) is 3.15. The third-order valence-corrected chi connectivity index (χ3v) is 5.95. The van der Waals surface area contributed by atoms with Crippen molar-refractivity contribution in [1.82, 2.24) is 9.80 Å². The summed E-state index contributed by atoms with van der Waals surface area (Å²) >= 11 is 1.71. The van der Waals surface area contributed by atoms with Crippen LogP contribution >= 0.6 is 11.3 Å². The van der Waals surface area contributed by atoms with Gasteiger partial charge in [-0.1, -0.05) is 37.3 Å². The van der Waals surface area contributed by atoms with Gasteiger partial charge in [0.2, 0.25) is 11.8 Å². The Morgan fingerprint density at radius 3 is 2.65 bits per heavy atom. The molecule has 1 unspecified atom stereocenters. The van der Waals surface area contributed by atoms with Crippen molar-refractivity contribution in [3.8, 4) is 10.4 Å². The third kappa shape index (κ3) is 3.98. The summed E-state index contributed by atoms with van der Waals surface area (Å²) in [5.41, 5.74) is 2.37. The van der Waals surface area contributed by atoms with E-state index in [0.717, 1.165) is 0 Å². The molecule has 2 amide bonds. The number of amides is 2. The van der Waals surface area contributed by atoms with Gasteiger partial charge in [0.15, 0.2) is 0 Å². The van der Waals surface area contributed by atoms with Crippen LogP contribution in [-0.4, -0.2) is 47.8 Å². The van der Waals surface area contributed by atoms with Gasteiger partial charge >= 0.3 is 0 Å². The van der Waals surface area contributed by atoms with E-state index in [2.05, 4.69) is 23.6 Å². The van der Waals surface area contributed by atoms with Gasteiger partial charge in [0.05, 0.1) is 5.92 Å². The van der Waals surface area contributed by atoms with Crippen LogP contribution in [-0.2, 0) is 16.0 Å². The predicted molar refractivity (Wildman–Crippen MR) is 106 cm³/mol. The lowest BCUT2D eigenvalue weighted by Crippen LogP contribution is -2.37. The second-order valence-corrected chi connectivity index (χ2v) is 7.59. The zero-order chi connectivity index (χ0) is 18.5. The molecule has 26 heavy (non-hydrogen) atoms. The van der Waals surface area contributed by atoms with Crippen LogP contribution in [0.1, 0.15) is 25.8 Å². The fraction of sp³-hybridized carbons (Fsp3) is 0.429. The maximum Gasteiger partial charge on any atom is 0.227 e. The first-order valence-electron chi connectivity index (χ1n) is 9.32. The van der Waals surface area contributed by atoms with E-state index >= 15 is 0 Å². The van der Waals surface area contributed by atoms with Crippen molar-refractivity contribution in [2.45, 2.75) is 26.7 Å². The molecule has 1 atom stereocenters. The zero-order valence-corrected chi connectivity index (χ0v) is 16.3. The number of hydrogen-bond acceptors (Lipinski definition) is 3. The van der Waals surface area contributed by atoms with E-state index in [4.69, 9.17) is 0 Å². The van der Waals surface area contributed by atoms with E-state index in [9.17, 15) is 9.59 Å². The average molecular weight is 371 g/mol. The molecule has 4 nitrogen and oxygen atoms in total. The van der Waals surface area contributed by atoms with Crippen LogP contribution in [0.4, 0.5) is 0 Å². The quantitative estimate of drug-likeness (QED) is 0.806. The van der Waals surface area contributed by atoms with E-state index in [0.29, 0.717) is 39.0 Å². The molecule has 2 heterocycles. The lowest BCUT2D eigenvalue weighted by atomic mass is 9.93. The Kier molecular flexibility index (Phi) is 6.09. The molecule has 3 rings (SSSR count). The van der Waals surface area contributed by atoms with Crippen molar-refractivity contribution in [1.29, 1.82) is 0 Å². The van der Waals surface area contributed by atoms with Crippen molar-refractivity contribution in [2.75, 3.05) is 26.2 Å². The summed E-state index contributed by atoms with van der Waals surface area (Å²) in [6.07, 6.45) is 1.15. The van der Waals surface area contributed by atoms with E-state index in [-0.39, 0.29) is 17.7 Å². The maximum atomic E-state index is 13.0. The summed E-state index contributed by atoms with van der Waals surface area (Å²) in [7, 11) is 0. The lowest BCUT2D eigenvalue weighted by Gasteiger charge is -2.24. The molecule has 0 saturated carbocycles. The van der Waals surface area contributed by atoms with Crippen LogP contribution < -0.4 is 0 Å². The van der Waals surface area contributed by atoms with Gasteiger partial charge in [0.1, 0.15) is 0 Å². The van der Waals surface area contributed by atoms with Crippen LogP contribution in [0.5, 0.6) is 0 Å². The lowest BCUT2D eigenvalue weighted by molar-refractivity contribution is -0.134. The summed E-state index contributed by atoms with van der Waals surface area (Å²) in [4.78, 5) is 30.3. The molecule has 0 aliphatic carbocycles. The Labute approximate surface area is 159 Å². The van der Waals surface area contributed by atoms with Crippen LogP contribution in [0, 0.1) is 5.92 Å². The van der Waals surface area contributed by atoms with Crippen molar-refractivity contribution >= 4 is 23.2 Å². The van der Waals surface area contributed by atoms with Crippen LogP contribution in [0.2, 0.25) is 0 Å². The molecule has 1 fully saturated rings. The molecule has 1 aliphatic heterocycles. The third-order valence-electron chi connectivity index (χ3n) is 5.05. The first-order chi connectivity index (χ1) is 12.6. The van der Waals surface area contributed by atoms with E-state index < -0.39 is 0 Å². The number of rotatable bonds is 5. The van der Waals surface area contributed by atoms with E-state index in [1.807, 2.05) is 41.8 Å². The van der Waals surface area contributed by atoms with Gasteiger partial charge in [0, 0.05) is 37.5 Å². The topological polar surface area (TPSA) is 40.6 Å². The summed E-state index contributed by atoms with van der Waals surface area (Å²) in [6, 6.07) is 12.5. The maximum absolute atomic E-state index is 13.0. The minimum atomic E-state index is -0.186. The molecule has 0 spiro atoms. The summed E-state index contributed by atoms with van der Waals surface area (Å²) < 4.78 is 0. The van der Waals surface area contributed by atoms with Crippen molar-refractivity contribution < 1.29 is 9.59 Å². The Bertz CT molecular complexity index is 757. The second-order valence-electron chi connectivity index (χ2n) is 6.65. The molecule has 1 saturated heterocycles. The molecule has 5 heteroatoms. The molecule has 2 aromatic rings. The van der Waals surface area contributed by atoms with Gasteiger partial charge in [-0.15, -0.1) is 11.3 Å². The minimum absolute atomic E-state index is 0.132. The molecular formula is C21H26N2O2S. The Hall–Kier alpha value is -2.14. The molecule has 1 aromatic heterocycles. The minimum Gasteiger partial charge on any atom is -0.341 e. The number of benzene rings is 1. The first-order valence-corrected chi connectivity index (χ1v) is 10.2. The summed E-state index contributed by atoms with van der Waals surface area (Å²) in [6.45, 7) is 6.36. The highest BCUT2D eigenvalue weighted by molar-refractivity contribution is 7.13.